The third-order valence-electron chi connectivity index (χ3n) is 5.73. The molecule has 3 aromatic rings. The van der Waals surface area contributed by atoms with Gasteiger partial charge < -0.3 is 14.5 Å². The van der Waals surface area contributed by atoms with Crippen LogP contribution in [0.25, 0.3) is 11.3 Å². The summed E-state index contributed by atoms with van der Waals surface area (Å²) in [5, 5.41) is 7.87. The zero-order chi connectivity index (χ0) is 22.8. The van der Waals surface area contributed by atoms with Gasteiger partial charge in [0.15, 0.2) is 7.05 Å². The first-order chi connectivity index (χ1) is 15.4. The minimum atomic E-state index is -0.0637. The highest BCUT2D eigenvalue weighted by atomic mass is 35.5. The molecule has 0 atom stereocenters. The van der Waals surface area contributed by atoms with Crippen LogP contribution in [0.1, 0.15) is 16.1 Å². The van der Waals surface area contributed by atoms with Gasteiger partial charge in [0.1, 0.15) is 11.4 Å². The number of amides is 1. The summed E-state index contributed by atoms with van der Waals surface area (Å²) < 4.78 is 6.24. The Kier molecular flexibility index (Phi) is 6.14. The van der Waals surface area contributed by atoms with Crippen LogP contribution in [-0.4, -0.2) is 66.1 Å². The SMILES string of the molecule is COc1ccccc1-c1n[nH]c(C)c1C(=O)N1CCN(c2ccc([N+](C)=O)cc2Cl)CC1. The Hall–Kier alpha value is -3.39. The minimum Gasteiger partial charge on any atom is -0.496 e. The molecule has 166 valence electrons. The van der Waals surface area contributed by atoms with Crippen molar-refractivity contribution >= 4 is 28.9 Å². The summed E-state index contributed by atoms with van der Waals surface area (Å²) in [6, 6.07) is 12.8. The van der Waals surface area contributed by atoms with Gasteiger partial charge in [-0.1, -0.05) is 23.7 Å². The monoisotopic (exact) mass is 454 g/mol. The molecule has 0 aliphatic carbocycles. The first-order valence-corrected chi connectivity index (χ1v) is 10.7. The van der Waals surface area contributed by atoms with E-state index < -0.39 is 0 Å². The summed E-state index contributed by atoms with van der Waals surface area (Å²) in [7, 11) is 3.04. The zero-order valence-electron chi connectivity index (χ0n) is 18.3. The van der Waals surface area contributed by atoms with E-state index in [1.165, 1.54) is 7.05 Å². The molecule has 1 saturated heterocycles. The van der Waals surface area contributed by atoms with Crippen molar-refractivity contribution in [2.45, 2.75) is 6.92 Å². The quantitative estimate of drug-likeness (QED) is 0.588. The number of piperazine rings is 1. The topological polar surface area (TPSA) is 81.5 Å². The van der Waals surface area contributed by atoms with Gasteiger partial charge in [0.05, 0.1) is 23.4 Å². The Morgan fingerprint density at radius 3 is 2.53 bits per heavy atom. The number of hydrogen-bond donors (Lipinski definition) is 1. The van der Waals surface area contributed by atoms with Crippen molar-refractivity contribution in [2.75, 3.05) is 45.2 Å². The van der Waals surface area contributed by atoms with E-state index in [-0.39, 0.29) is 5.91 Å². The van der Waals surface area contributed by atoms with E-state index in [2.05, 4.69) is 15.1 Å². The van der Waals surface area contributed by atoms with Crippen LogP contribution < -0.4 is 9.64 Å². The van der Waals surface area contributed by atoms with Crippen LogP contribution in [-0.2, 0) is 0 Å². The van der Waals surface area contributed by atoms with E-state index in [0.29, 0.717) is 53.9 Å². The fourth-order valence-electron chi connectivity index (χ4n) is 3.98. The van der Waals surface area contributed by atoms with Gasteiger partial charge in [-0.15, -0.1) is 0 Å². The number of aromatic amines is 1. The molecule has 1 aliphatic rings. The molecule has 0 unspecified atom stereocenters. The maximum absolute atomic E-state index is 13.4. The van der Waals surface area contributed by atoms with E-state index in [1.54, 1.807) is 19.2 Å². The Bertz CT molecular complexity index is 1170. The number of carbonyl (C=O) groups excluding carboxylic acids is 1. The molecule has 4 rings (SSSR count). The number of ether oxygens (including phenoxy) is 1. The first-order valence-electron chi connectivity index (χ1n) is 10.3. The second kappa shape index (κ2) is 9.00. The Morgan fingerprint density at radius 1 is 1.16 bits per heavy atom. The van der Waals surface area contributed by atoms with Crippen molar-refractivity contribution in [3.63, 3.8) is 0 Å². The molecule has 1 N–H and O–H groups in total. The number of aryl methyl sites for hydroxylation is 1. The van der Waals surface area contributed by atoms with Crippen molar-refractivity contribution in [3.05, 3.63) is 63.7 Å². The van der Waals surface area contributed by atoms with Crippen molar-refractivity contribution in [3.8, 4) is 17.0 Å². The number of anilines is 1. The lowest BCUT2D eigenvalue weighted by Crippen LogP contribution is -2.49. The summed E-state index contributed by atoms with van der Waals surface area (Å²) in [6.07, 6.45) is 0. The Balaban J connectivity index is 1.53. The lowest BCUT2D eigenvalue weighted by molar-refractivity contribution is -0.428. The molecule has 8 nitrogen and oxygen atoms in total. The lowest BCUT2D eigenvalue weighted by atomic mass is 10.0. The number of hydrogen-bond acceptors (Lipinski definition) is 5. The fraction of sp³-hybridized carbons (Fsp3) is 0.304. The molecule has 1 fully saturated rings. The lowest BCUT2D eigenvalue weighted by Gasteiger charge is -2.36. The molecule has 0 spiro atoms. The molecular weight excluding hydrogens is 430 g/mol. The third kappa shape index (κ3) is 4.05. The van der Waals surface area contributed by atoms with Gasteiger partial charge in [0, 0.05) is 59.2 Å². The largest absolute Gasteiger partial charge is 0.496 e. The van der Waals surface area contributed by atoms with Gasteiger partial charge in [-0.2, -0.15) is 5.10 Å². The highest BCUT2D eigenvalue weighted by Gasteiger charge is 2.29. The Labute approximate surface area is 191 Å². The summed E-state index contributed by atoms with van der Waals surface area (Å²) in [5.41, 5.74) is 4.01. The molecule has 1 aliphatic heterocycles. The highest BCUT2D eigenvalue weighted by molar-refractivity contribution is 6.33. The average molecular weight is 455 g/mol. The molecule has 0 radical (unpaired) electrons. The van der Waals surface area contributed by atoms with Crippen LogP contribution >= 0.6 is 11.6 Å². The highest BCUT2D eigenvalue weighted by Crippen LogP contribution is 2.33. The molecule has 9 heteroatoms. The zero-order valence-corrected chi connectivity index (χ0v) is 19.0. The molecule has 1 aromatic heterocycles. The number of benzene rings is 2. The van der Waals surface area contributed by atoms with Gasteiger partial charge >= 0.3 is 0 Å². The van der Waals surface area contributed by atoms with E-state index in [9.17, 15) is 9.70 Å². The van der Waals surface area contributed by atoms with Crippen LogP contribution in [0.5, 0.6) is 5.75 Å². The number of H-pyrrole nitrogens is 1. The van der Waals surface area contributed by atoms with Crippen molar-refractivity contribution in [1.82, 2.24) is 15.1 Å². The maximum atomic E-state index is 13.4. The number of para-hydroxylation sites is 1. The molecule has 2 heterocycles. The average Bonchev–Trinajstić information content (AvgIpc) is 3.19. The number of rotatable bonds is 5. The first kappa shape index (κ1) is 21.8. The fourth-order valence-corrected chi connectivity index (χ4v) is 4.28. The molecular formula is C23H25ClN5O3+. The second-order valence-corrected chi connectivity index (χ2v) is 8.09. The number of carbonyl (C=O) groups is 1. The molecule has 1 amide bonds. The summed E-state index contributed by atoms with van der Waals surface area (Å²) in [4.78, 5) is 28.9. The van der Waals surface area contributed by atoms with Crippen LogP contribution in [0.15, 0.2) is 42.5 Å². The van der Waals surface area contributed by atoms with E-state index >= 15 is 0 Å². The number of nitrogens with one attached hydrogen (secondary N) is 1. The third-order valence-corrected chi connectivity index (χ3v) is 6.03. The van der Waals surface area contributed by atoms with Gasteiger partial charge in [0.25, 0.3) is 11.6 Å². The summed E-state index contributed by atoms with van der Waals surface area (Å²) in [5.74, 6) is 0.603. The van der Waals surface area contributed by atoms with E-state index in [4.69, 9.17) is 16.3 Å². The molecule has 2 aromatic carbocycles. The van der Waals surface area contributed by atoms with E-state index in [1.807, 2.05) is 42.2 Å². The van der Waals surface area contributed by atoms with Crippen LogP contribution in [0.4, 0.5) is 11.4 Å². The van der Waals surface area contributed by atoms with Crippen molar-refractivity contribution < 1.29 is 14.3 Å². The number of halogens is 1. The van der Waals surface area contributed by atoms with Gasteiger partial charge in [-0.3, -0.25) is 9.89 Å². The second-order valence-electron chi connectivity index (χ2n) is 7.68. The van der Waals surface area contributed by atoms with E-state index in [0.717, 1.165) is 21.7 Å². The normalized spacial score (nSPS) is 13.9. The smallest absolute Gasteiger partial charge is 0.258 e. The van der Waals surface area contributed by atoms with Crippen LogP contribution in [0, 0.1) is 11.8 Å². The maximum Gasteiger partial charge on any atom is 0.258 e. The van der Waals surface area contributed by atoms with Gasteiger partial charge in [-0.05, 0) is 25.1 Å². The number of methoxy groups -OCH3 is 1. The molecule has 0 bridgehead atoms. The number of nitroso groups, excluding NO2 is 1. The summed E-state index contributed by atoms with van der Waals surface area (Å²) in [6.45, 7) is 4.23. The van der Waals surface area contributed by atoms with Crippen molar-refractivity contribution in [2.24, 2.45) is 0 Å². The summed E-state index contributed by atoms with van der Waals surface area (Å²) >= 11 is 6.41. The van der Waals surface area contributed by atoms with Crippen molar-refractivity contribution in [1.29, 1.82) is 0 Å². The minimum absolute atomic E-state index is 0.0637. The van der Waals surface area contributed by atoms with Gasteiger partial charge in [-0.25, -0.2) is 0 Å². The standard InChI is InChI=1S/C23H24ClN5O3/c1-15-21(22(26-25-15)17-6-4-5-7-20(17)32-3)23(30)29-12-10-28(11-13-29)19-9-8-16(27(2)31)14-18(19)24/h4-9,14H,10-13H2,1-3H3/p+1. The Morgan fingerprint density at radius 2 is 1.88 bits per heavy atom. The molecule has 32 heavy (non-hydrogen) atoms. The van der Waals surface area contributed by atoms with Gasteiger partial charge in [0.2, 0.25) is 0 Å². The number of aromatic nitrogens is 2. The molecule has 0 saturated carbocycles. The van der Waals surface area contributed by atoms with Crippen LogP contribution in [0.3, 0.4) is 0 Å². The predicted molar refractivity (Wildman–Crippen MR) is 124 cm³/mol. The van der Waals surface area contributed by atoms with Crippen LogP contribution in [0.2, 0.25) is 5.02 Å². The number of nitrogens with zero attached hydrogens (tertiary/aromatic N) is 4. The predicted octanol–water partition coefficient (Wildman–Crippen LogP) is 4.05.